The van der Waals surface area contributed by atoms with Gasteiger partial charge >= 0.3 is 0 Å². The van der Waals surface area contributed by atoms with Gasteiger partial charge < -0.3 is 4.57 Å². The molecule has 1 nitrogen and oxygen atoms in total. The molecule has 0 fully saturated rings. The molecule has 1 aliphatic rings. The zero-order valence-electron chi connectivity index (χ0n) is 7.30. The Labute approximate surface area is 82.0 Å². The van der Waals surface area contributed by atoms with Crippen LogP contribution in [0.4, 0.5) is 0 Å². The third kappa shape index (κ3) is 1.25. The summed E-state index contributed by atoms with van der Waals surface area (Å²) in [5, 5.41) is 0. The highest BCUT2D eigenvalue weighted by Gasteiger charge is 2.14. The number of aromatic nitrogens is 1. The lowest BCUT2D eigenvalue weighted by atomic mass is 10.0. The molecular weight excluding hydrogens is 186 g/mol. The second-order valence-electron chi connectivity index (χ2n) is 3.19. The molecule has 66 valence electrons. The first-order valence-corrected chi connectivity index (χ1v) is 5.76. The molecule has 1 aromatic heterocycles. The van der Waals surface area contributed by atoms with E-state index in [0.717, 1.165) is 10.5 Å². The zero-order valence-corrected chi connectivity index (χ0v) is 8.93. The van der Waals surface area contributed by atoms with E-state index in [4.69, 9.17) is 12.2 Å². The molecule has 0 radical (unpaired) electrons. The zero-order chi connectivity index (χ0) is 8.55. The van der Waals surface area contributed by atoms with Gasteiger partial charge in [0, 0.05) is 17.1 Å². The lowest BCUT2D eigenvalue weighted by Crippen LogP contribution is -2.06. The van der Waals surface area contributed by atoms with Gasteiger partial charge in [0.25, 0.3) is 0 Å². The lowest BCUT2D eigenvalue weighted by molar-refractivity contribution is 0.620. The van der Waals surface area contributed by atoms with Gasteiger partial charge in [-0.25, -0.2) is 0 Å². The average molecular weight is 199 g/mol. The van der Waals surface area contributed by atoms with Crippen LogP contribution in [0.5, 0.6) is 0 Å². The van der Waals surface area contributed by atoms with Gasteiger partial charge in [-0.3, -0.25) is 0 Å². The van der Waals surface area contributed by atoms with E-state index < -0.39 is 0 Å². The number of hydrogen-bond donors (Lipinski definition) is 0. The molecule has 1 aliphatic carbocycles. The largest absolute Gasteiger partial charge is 0.327 e. The van der Waals surface area contributed by atoms with Crippen LogP contribution in [-0.4, -0.2) is 4.57 Å². The topological polar surface area (TPSA) is 4.93 Å². The fourth-order valence-electron chi connectivity index (χ4n) is 1.85. The van der Waals surface area contributed by atoms with Crippen molar-refractivity contribution < 1.29 is 0 Å². The molecule has 0 atom stereocenters. The Morgan fingerprint density at radius 1 is 1.42 bits per heavy atom. The number of thiazole rings is 1. The Morgan fingerprint density at radius 3 is 2.92 bits per heavy atom. The van der Waals surface area contributed by atoms with Crippen molar-refractivity contribution in [2.75, 3.05) is 0 Å². The molecule has 0 bridgehead atoms. The van der Waals surface area contributed by atoms with E-state index in [1.165, 1.54) is 31.4 Å². The van der Waals surface area contributed by atoms with Gasteiger partial charge in [0.2, 0.25) is 0 Å². The number of rotatable bonds is 1. The average Bonchev–Trinajstić information content (AvgIpc) is 2.40. The maximum Gasteiger partial charge on any atom is 0.161 e. The molecular formula is C9H13NS2. The van der Waals surface area contributed by atoms with Crippen molar-refractivity contribution in [3.8, 4) is 0 Å². The molecule has 0 aliphatic heterocycles. The van der Waals surface area contributed by atoms with Crippen LogP contribution < -0.4 is 0 Å². The normalized spacial score (nSPS) is 16.1. The molecule has 3 heteroatoms. The minimum atomic E-state index is 1.05. The molecule has 1 aromatic rings. The first-order valence-electron chi connectivity index (χ1n) is 4.54. The van der Waals surface area contributed by atoms with Crippen molar-refractivity contribution in [2.45, 2.75) is 39.2 Å². The van der Waals surface area contributed by atoms with Crippen LogP contribution in [-0.2, 0) is 19.4 Å². The van der Waals surface area contributed by atoms with E-state index in [0.29, 0.717) is 0 Å². The van der Waals surface area contributed by atoms with Crippen LogP contribution >= 0.6 is 23.6 Å². The highest BCUT2D eigenvalue weighted by Crippen LogP contribution is 2.27. The van der Waals surface area contributed by atoms with Gasteiger partial charge in [0.05, 0.1) is 0 Å². The Morgan fingerprint density at radius 2 is 2.17 bits per heavy atom. The Balaban J connectivity index is 2.54. The van der Waals surface area contributed by atoms with E-state index in [2.05, 4.69) is 11.5 Å². The Kier molecular flexibility index (Phi) is 2.33. The number of nitrogens with zero attached hydrogens (tertiary/aromatic N) is 1. The second kappa shape index (κ2) is 3.30. The van der Waals surface area contributed by atoms with Crippen LogP contribution in [0.2, 0.25) is 0 Å². The smallest absolute Gasteiger partial charge is 0.161 e. The maximum absolute atomic E-state index is 5.30. The first kappa shape index (κ1) is 8.45. The van der Waals surface area contributed by atoms with Crippen molar-refractivity contribution >= 4 is 23.6 Å². The van der Waals surface area contributed by atoms with E-state index in [9.17, 15) is 0 Å². The van der Waals surface area contributed by atoms with Crippen molar-refractivity contribution in [2.24, 2.45) is 0 Å². The summed E-state index contributed by atoms with van der Waals surface area (Å²) in [6.07, 6.45) is 5.21. The molecule has 0 unspecified atom stereocenters. The van der Waals surface area contributed by atoms with Gasteiger partial charge in [0.15, 0.2) is 3.95 Å². The molecule has 0 saturated heterocycles. The molecule has 0 spiro atoms. The van der Waals surface area contributed by atoms with E-state index in [1.54, 1.807) is 4.88 Å². The Hall–Kier alpha value is -0.150. The Bertz CT molecular complexity index is 335. The summed E-state index contributed by atoms with van der Waals surface area (Å²) in [6.45, 7) is 3.22. The second-order valence-corrected chi connectivity index (χ2v) is 4.92. The highest BCUT2D eigenvalue weighted by molar-refractivity contribution is 7.73. The molecule has 0 amide bonds. The number of hydrogen-bond acceptors (Lipinski definition) is 2. The van der Waals surface area contributed by atoms with Gasteiger partial charge in [-0.05, 0) is 44.8 Å². The molecule has 0 aromatic carbocycles. The van der Waals surface area contributed by atoms with E-state index in [-0.39, 0.29) is 0 Å². The van der Waals surface area contributed by atoms with E-state index in [1.807, 2.05) is 11.3 Å². The van der Waals surface area contributed by atoms with Crippen LogP contribution in [0.25, 0.3) is 0 Å². The standard InChI is InChI=1S/C9H13NS2/c1-2-10-7-5-3-4-6-8(7)12-9(10)11/h2-6H2,1H3. The molecule has 0 N–H and O–H groups in total. The first-order chi connectivity index (χ1) is 5.83. The summed E-state index contributed by atoms with van der Waals surface area (Å²) >= 11 is 7.12. The monoisotopic (exact) mass is 199 g/mol. The highest BCUT2D eigenvalue weighted by atomic mass is 32.1. The molecule has 1 heterocycles. The summed E-state index contributed by atoms with van der Waals surface area (Å²) in [6, 6.07) is 0. The molecule has 2 rings (SSSR count). The minimum absolute atomic E-state index is 1.05. The van der Waals surface area contributed by atoms with Gasteiger partial charge in [-0.15, -0.1) is 11.3 Å². The fraction of sp³-hybridized carbons (Fsp3) is 0.667. The number of fused-ring (bicyclic) bond motifs is 1. The van der Waals surface area contributed by atoms with Crippen molar-refractivity contribution in [3.05, 3.63) is 14.5 Å². The van der Waals surface area contributed by atoms with Crippen molar-refractivity contribution in [1.29, 1.82) is 0 Å². The number of aryl methyl sites for hydroxylation is 1. The predicted octanol–water partition coefficient (Wildman–Crippen LogP) is 3.18. The maximum atomic E-state index is 5.30. The summed E-state index contributed by atoms with van der Waals surface area (Å²) in [7, 11) is 0. The predicted molar refractivity (Wildman–Crippen MR) is 55.5 cm³/mol. The fourth-order valence-corrected chi connectivity index (χ4v) is 3.53. The van der Waals surface area contributed by atoms with Crippen LogP contribution in [0.1, 0.15) is 30.3 Å². The van der Waals surface area contributed by atoms with Crippen LogP contribution in [0.15, 0.2) is 0 Å². The van der Waals surface area contributed by atoms with Crippen molar-refractivity contribution in [3.63, 3.8) is 0 Å². The minimum Gasteiger partial charge on any atom is -0.327 e. The van der Waals surface area contributed by atoms with Gasteiger partial charge in [-0.1, -0.05) is 0 Å². The quantitative estimate of drug-likeness (QED) is 0.629. The summed E-state index contributed by atoms with van der Waals surface area (Å²) < 4.78 is 3.37. The van der Waals surface area contributed by atoms with Crippen LogP contribution in [0, 0.1) is 3.95 Å². The summed E-state index contributed by atoms with van der Waals surface area (Å²) in [5.74, 6) is 0. The summed E-state index contributed by atoms with van der Waals surface area (Å²) in [5.41, 5.74) is 1.53. The van der Waals surface area contributed by atoms with Gasteiger partial charge in [-0.2, -0.15) is 0 Å². The van der Waals surface area contributed by atoms with E-state index >= 15 is 0 Å². The van der Waals surface area contributed by atoms with Crippen molar-refractivity contribution in [1.82, 2.24) is 4.57 Å². The SMILES string of the molecule is CCn1c2c(sc1=S)CCCC2. The van der Waals surface area contributed by atoms with Crippen LogP contribution in [0.3, 0.4) is 0 Å². The van der Waals surface area contributed by atoms with Gasteiger partial charge in [0.1, 0.15) is 0 Å². The molecule has 0 saturated carbocycles. The third-order valence-corrected chi connectivity index (χ3v) is 4.01. The molecule has 12 heavy (non-hydrogen) atoms. The summed E-state index contributed by atoms with van der Waals surface area (Å²) in [4.78, 5) is 1.55. The third-order valence-electron chi connectivity index (χ3n) is 2.46. The lowest BCUT2D eigenvalue weighted by Gasteiger charge is -2.12.